The Labute approximate surface area is 112 Å². The largest absolute Gasteiger partial charge is 0.481 e. The molecule has 0 radical (unpaired) electrons. The molecule has 0 aliphatic rings. The van der Waals surface area contributed by atoms with Crippen molar-refractivity contribution in [3.8, 4) is 0 Å². The molecule has 0 rings (SSSR count). The lowest BCUT2D eigenvalue weighted by Gasteiger charge is -1.98. The standard InChI is InChI=1S/C16H28O2/c1-2-3-4-5-6-7-8-9-10-11-12-13-14-15-16(17)18/h4-5,7-8H,2-3,6,9-15H2,1H3,(H,17,18)/b5-4-,8-7-. The maximum atomic E-state index is 10.3. The van der Waals surface area contributed by atoms with E-state index in [1.165, 1.54) is 25.7 Å². The summed E-state index contributed by atoms with van der Waals surface area (Å²) in [6.07, 6.45) is 19.4. The molecule has 0 unspecified atom stereocenters. The quantitative estimate of drug-likeness (QED) is 0.387. The van der Waals surface area contributed by atoms with Gasteiger partial charge in [0.2, 0.25) is 0 Å². The number of carbonyl (C=O) groups is 1. The second kappa shape index (κ2) is 14.0. The average molecular weight is 252 g/mol. The Morgan fingerprint density at radius 2 is 1.50 bits per heavy atom. The molecule has 0 bridgehead atoms. The first-order valence-corrected chi connectivity index (χ1v) is 7.29. The zero-order valence-corrected chi connectivity index (χ0v) is 11.7. The van der Waals surface area contributed by atoms with Crippen molar-refractivity contribution >= 4 is 5.97 Å². The van der Waals surface area contributed by atoms with Gasteiger partial charge in [-0.3, -0.25) is 4.79 Å². The summed E-state index contributed by atoms with van der Waals surface area (Å²) in [5, 5.41) is 8.48. The van der Waals surface area contributed by atoms with Crippen LogP contribution in [0.25, 0.3) is 0 Å². The molecule has 18 heavy (non-hydrogen) atoms. The van der Waals surface area contributed by atoms with E-state index in [1.54, 1.807) is 0 Å². The first-order chi connectivity index (χ1) is 8.77. The molecule has 0 heterocycles. The first-order valence-electron chi connectivity index (χ1n) is 7.29. The number of carboxylic acid groups (broad SMARTS) is 1. The molecule has 0 saturated carbocycles. The first kappa shape index (κ1) is 16.9. The zero-order valence-electron chi connectivity index (χ0n) is 11.7. The van der Waals surface area contributed by atoms with Crippen LogP contribution in [-0.2, 0) is 4.79 Å². The number of aliphatic carboxylic acids is 1. The van der Waals surface area contributed by atoms with E-state index >= 15 is 0 Å². The van der Waals surface area contributed by atoms with E-state index in [1.807, 2.05) is 0 Å². The second-order valence-corrected chi connectivity index (χ2v) is 4.67. The SMILES string of the molecule is CCC/C=C\C/C=C\CCCCCCCC(=O)O. The van der Waals surface area contributed by atoms with Crippen molar-refractivity contribution in [2.24, 2.45) is 0 Å². The number of hydrogen-bond acceptors (Lipinski definition) is 1. The Morgan fingerprint density at radius 3 is 2.17 bits per heavy atom. The fourth-order valence-corrected chi connectivity index (χ4v) is 1.74. The summed E-state index contributed by atoms with van der Waals surface area (Å²) in [5.41, 5.74) is 0. The van der Waals surface area contributed by atoms with Crippen molar-refractivity contribution in [2.45, 2.75) is 71.1 Å². The number of unbranched alkanes of at least 4 members (excludes halogenated alkanes) is 6. The number of hydrogen-bond donors (Lipinski definition) is 1. The molecule has 2 nitrogen and oxygen atoms in total. The summed E-state index contributed by atoms with van der Waals surface area (Å²) in [7, 11) is 0. The van der Waals surface area contributed by atoms with Gasteiger partial charge in [-0.05, 0) is 32.1 Å². The Kier molecular flexibility index (Phi) is 13.2. The van der Waals surface area contributed by atoms with Crippen LogP contribution in [0.5, 0.6) is 0 Å². The lowest BCUT2D eigenvalue weighted by molar-refractivity contribution is -0.137. The van der Waals surface area contributed by atoms with Gasteiger partial charge in [0.05, 0.1) is 0 Å². The smallest absolute Gasteiger partial charge is 0.303 e. The molecule has 0 aromatic rings. The van der Waals surface area contributed by atoms with Crippen LogP contribution in [-0.4, -0.2) is 11.1 Å². The van der Waals surface area contributed by atoms with Crippen molar-refractivity contribution in [1.29, 1.82) is 0 Å². The highest BCUT2D eigenvalue weighted by Crippen LogP contribution is 2.07. The minimum Gasteiger partial charge on any atom is -0.481 e. The maximum Gasteiger partial charge on any atom is 0.303 e. The fourth-order valence-electron chi connectivity index (χ4n) is 1.74. The Balaban J connectivity index is 3.15. The van der Waals surface area contributed by atoms with Gasteiger partial charge in [0.1, 0.15) is 0 Å². The summed E-state index contributed by atoms with van der Waals surface area (Å²) in [6, 6.07) is 0. The monoisotopic (exact) mass is 252 g/mol. The summed E-state index contributed by atoms with van der Waals surface area (Å²) in [6.45, 7) is 2.19. The minimum atomic E-state index is -0.672. The highest BCUT2D eigenvalue weighted by atomic mass is 16.4. The van der Waals surface area contributed by atoms with Gasteiger partial charge in [0.15, 0.2) is 0 Å². The lowest BCUT2D eigenvalue weighted by Crippen LogP contribution is -1.93. The highest BCUT2D eigenvalue weighted by molar-refractivity contribution is 5.66. The third-order valence-corrected chi connectivity index (χ3v) is 2.82. The van der Waals surface area contributed by atoms with Crippen molar-refractivity contribution in [2.75, 3.05) is 0 Å². The zero-order chi connectivity index (χ0) is 13.5. The van der Waals surface area contributed by atoms with Crippen LogP contribution in [0.15, 0.2) is 24.3 Å². The van der Waals surface area contributed by atoms with E-state index in [0.29, 0.717) is 6.42 Å². The van der Waals surface area contributed by atoms with Crippen LogP contribution in [0.2, 0.25) is 0 Å². The second-order valence-electron chi connectivity index (χ2n) is 4.67. The number of rotatable bonds is 12. The third-order valence-electron chi connectivity index (χ3n) is 2.82. The van der Waals surface area contributed by atoms with Gasteiger partial charge in [-0.2, -0.15) is 0 Å². The molecule has 104 valence electrons. The van der Waals surface area contributed by atoms with Gasteiger partial charge in [-0.25, -0.2) is 0 Å². The van der Waals surface area contributed by atoms with Gasteiger partial charge in [0, 0.05) is 6.42 Å². The Bertz CT molecular complexity index is 241. The van der Waals surface area contributed by atoms with Crippen LogP contribution in [0.3, 0.4) is 0 Å². The topological polar surface area (TPSA) is 37.3 Å². The summed E-state index contributed by atoms with van der Waals surface area (Å²) >= 11 is 0. The van der Waals surface area contributed by atoms with Crippen molar-refractivity contribution in [1.82, 2.24) is 0 Å². The molecule has 0 spiro atoms. The van der Waals surface area contributed by atoms with Gasteiger partial charge < -0.3 is 5.11 Å². The molecular weight excluding hydrogens is 224 g/mol. The average Bonchev–Trinajstić information content (AvgIpc) is 2.34. The molecule has 0 aliphatic heterocycles. The molecule has 0 aromatic heterocycles. The Hall–Kier alpha value is -1.05. The van der Waals surface area contributed by atoms with E-state index in [2.05, 4.69) is 31.2 Å². The van der Waals surface area contributed by atoms with E-state index in [0.717, 1.165) is 32.1 Å². The molecular formula is C16H28O2. The molecule has 0 aliphatic carbocycles. The van der Waals surface area contributed by atoms with Crippen molar-refractivity contribution < 1.29 is 9.90 Å². The fraction of sp³-hybridized carbons (Fsp3) is 0.688. The van der Waals surface area contributed by atoms with Crippen LogP contribution in [0.1, 0.15) is 71.1 Å². The predicted octanol–water partition coefficient (Wildman–Crippen LogP) is 5.10. The Morgan fingerprint density at radius 1 is 0.889 bits per heavy atom. The van der Waals surface area contributed by atoms with Gasteiger partial charge >= 0.3 is 5.97 Å². The normalized spacial score (nSPS) is 11.6. The molecule has 0 aromatic carbocycles. The van der Waals surface area contributed by atoms with Crippen LogP contribution in [0, 0.1) is 0 Å². The molecule has 2 heteroatoms. The van der Waals surface area contributed by atoms with E-state index in [4.69, 9.17) is 5.11 Å². The third kappa shape index (κ3) is 14.9. The van der Waals surface area contributed by atoms with Gasteiger partial charge in [-0.1, -0.05) is 56.9 Å². The van der Waals surface area contributed by atoms with E-state index < -0.39 is 5.97 Å². The lowest BCUT2D eigenvalue weighted by atomic mass is 10.1. The predicted molar refractivity (Wildman–Crippen MR) is 77.8 cm³/mol. The van der Waals surface area contributed by atoms with Crippen LogP contribution < -0.4 is 0 Å². The van der Waals surface area contributed by atoms with E-state index in [9.17, 15) is 4.79 Å². The number of allylic oxidation sites excluding steroid dienone is 4. The summed E-state index contributed by atoms with van der Waals surface area (Å²) in [5.74, 6) is -0.672. The van der Waals surface area contributed by atoms with E-state index in [-0.39, 0.29) is 0 Å². The highest BCUT2D eigenvalue weighted by Gasteiger charge is 1.95. The molecule has 0 fully saturated rings. The number of carboxylic acids is 1. The molecule has 0 amide bonds. The summed E-state index contributed by atoms with van der Waals surface area (Å²) < 4.78 is 0. The minimum absolute atomic E-state index is 0.323. The van der Waals surface area contributed by atoms with Crippen molar-refractivity contribution in [3.63, 3.8) is 0 Å². The summed E-state index contributed by atoms with van der Waals surface area (Å²) in [4.78, 5) is 10.3. The molecule has 1 N–H and O–H groups in total. The van der Waals surface area contributed by atoms with Gasteiger partial charge in [-0.15, -0.1) is 0 Å². The van der Waals surface area contributed by atoms with Crippen LogP contribution >= 0.6 is 0 Å². The molecule has 0 atom stereocenters. The molecule has 0 saturated heterocycles. The van der Waals surface area contributed by atoms with Crippen molar-refractivity contribution in [3.05, 3.63) is 24.3 Å². The maximum absolute atomic E-state index is 10.3. The van der Waals surface area contributed by atoms with Crippen LogP contribution in [0.4, 0.5) is 0 Å². The van der Waals surface area contributed by atoms with Gasteiger partial charge in [0.25, 0.3) is 0 Å².